The van der Waals surface area contributed by atoms with Crippen LogP contribution in [0.2, 0.25) is 0 Å². The molecule has 0 aliphatic carbocycles. The zero-order valence-corrected chi connectivity index (χ0v) is 6.92. The molecule has 4 nitrogen and oxygen atoms in total. The summed E-state index contributed by atoms with van der Waals surface area (Å²) in [6.45, 7) is 4.51. The van der Waals surface area contributed by atoms with Gasteiger partial charge in [0.15, 0.2) is 0 Å². The Kier molecular flexibility index (Phi) is 2.62. The van der Waals surface area contributed by atoms with Gasteiger partial charge in [0, 0.05) is 0 Å². The number of rotatable bonds is 3. The average Bonchev–Trinajstić information content (AvgIpc) is 1.85. The van der Waals surface area contributed by atoms with E-state index in [0.29, 0.717) is 0 Å². The average molecular weight is 159 g/mol. The molecule has 1 amide bonds. The van der Waals surface area contributed by atoms with Crippen LogP contribution in [0.1, 0.15) is 20.8 Å². The van der Waals surface area contributed by atoms with E-state index in [-0.39, 0.29) is 0 Å². The minimum absolute atomic E-state index is 0.590. The van der Waals surface area contributed by atoms with Crippen LogP contribution in [0.15, 0.2) is 0 Å². The summed E-state index contributed by atoms with van der Waals surface area (Å²) in [6.07, 6.45) is 0. The molecular formula is C7H13NO3. The summed E-state index contributed by atoms with van der Waals surface area (Å²) in [7, 11) is 0. The fraction of sp³-hybridized carbons (Fsp3) is 0.714. The van der Waals surface area contributed by atoms with Crippen molar-refractivity contribution in [3.8, 4) is 0 Å². The van der Waals surface area contributed by atoms with Crippen LogP contribution in [-0.4, -0.2) is 17.0 Å². The highest BCUT2D eigenvalue weighted by atomic mass is 16.4. The second-order valence-corrected chi connectivity index (χ2v) is 3.15. The van der Waals surface area contributed by atoms with Gasteiger partial charge in [0.25, 0.3) is 0 Å². The van der Waals surface area contributed by atoms with Gasteiger partial charge in [-0.15, -0.1) is 0 Å². The highest BCUT2D eigenvalue weighted by Gasteiger charge is 2.36. The Morgan fingerprint density at radius 3 is 1.91 bits per heavy atom. The van der Waals surface area contributed by atoms with E-state index in [1.165, 1.54) is 20.8 Å². The molecule has 64 valence electrons. The Morgan fingerprint density at radius 2 is 1.82 bits per heavy atom. The van der Waals surface area contributed by atoms with Crippen molar-refractivity contribution in [1.82, 2.24) is 0 Å². The summed E-state index contributed by atoms with van der Waals surface area (Å²) < 4.78 is 0. The Bertz CT molecular complexity index is 186. The summed E-state index contributed by atoms with van der Waals surface area (Å²) in [4.78, 5) is 21.2. The first-order chi connectivity index (χ1) is 4.80. The Hall–Kier alpha value is -1.06. The summed E-state index contributed by atoms with van der Waals surface area (Å²) in [6, 6.07) is 0. The van der Waals surface area contributed by atoms with E-state index in [0.717, 1.165) is 0 Å². The zero-order chi connectivity index (χ0) is 9.23. The van der Waals surface area contributed by atoms with E-state index in [1.807, 2.05) is 0 Å². The van der Waals surface area contributed by atoms with Gasteiger partial charge >= 0.3 is 5.97 Å². The first-order valence-corrected chi connectivity index (χ1v) is 3.33. The molecule has 0 unspecified atom stereocenters. The van der Waals surface area contributed by atoms with E-state index in [4.69, 9.17) is 10.8 Å². The Morgan fingerprint density at radius 1 is 1.45 bits per heavy atom. The number of nitrogens with two attached hydrogens (primary N) is 1. The maximum Gasteiger partial charge on any atom is 0.307 e. The van der Waals surface area contributed by atoms with Crippen LogP contribution in [0.3, 0.4) is 0 Å². The van der Waals surface area contributed by atoms with E-state index < -0.39 is 23.2 Å². The SMILES string of the molecule is C[C@@H](C(=O)O)C(C)(C)C(N)=O. The van der Waals surface area contributed by atoms with Crippen LogP contribution in [-0.2, 0) is 9.59 Å². The van der Waals surface area contributed by atoms with Crippen molar-refractivity contribution in [2.75, 3.05) is 0 Å². The lowest BCUT2D eigenvalue weighted by molar-refractivity contribution is -0.149. The lowest BCUT2D eigenvalue weighted by Crippen LogP contribution is -2.40. The number of hydrogen-bond donors (Lipinski definition) is 2. The van der Waals surface area contributed by atoms with Gasteiger partial charge in [-0.3, -0.25) is 9.59 Å². The molecule has 0 aliphatic heterocycles. The molecule has 0 radical (unpaired) electrons. The van der Waals surface area contributed by atoms with Gasteiger partial charge in [0.05, 0.1) is 11.3 Å². The predicted molar refractivity (Wildman–Crippen MR) is 39.8 cm³/mol. The molecule has 0 saturated heterocycles. The van der Waals surface area contributed by atoms with Crippen LogP contribution in [0, 0.1) is 11.3 Å². The van der Waals surface area contributed by atoms with Gasteiger partial charge in [-0.1, -0.05) is 20.8 Å². The van der Waals surface area contributed by atoms with Gasteiger partial charge in [0.2, 0.25) is 5.91 Å². The molecule has 0 heterocycles. The van der Waals surface area contributed by atoms with Gasteiger partial charge in [-0.25, -0.2) is 0 Å². The number of carboxylic acid groups (broad SMARTS) is 1. The third-order valence-corrected chi connectivity index (χ3v) is 2.09. The fourth-order valence-corrected chi connectivity index (χ4v) is 0.522. The van der Waals surface area contributed by atoms with Gasteiger partial charge in [-0.05, 0) is 0 Å². The quantitative estimate of drug-likeness (QED) is 0.618. The first kappa shape index (κ1) is 9.94. The first-order valence-electron chi connectivity index (χ1n) is 3.33. The number of carbonyl (C=O) groups is 2. The Balaban J connectivity index is 4.55. The molecule has 0 aliphatic rings. The summed E-state index contributed by atoms with van der Waals surface area (Å²) in [5.41, 5.74) is 4.03. The molecule has 1 atom stereocenters. The highest BCUT2D eigenvalue weighted by Crippen LogP contribution is 2.25. The minimum Gasteiger partial charge on any atom is -0.481 e. The van der Waals surface area contributed by atoms with Crippen molar-refractivity contribution >= 4 is 11.9 Å². The lowest BCUT2D eigenvalue weighted by Gasteiger charge is -2.24. The molecule has 0 aromatic carbocycles. The molecule has 3 N–H and O–H groups in total. The van der Waals surface area contributed by atoms with E-state index >= 15 is 0 Å². The highest BCUT2D eigenvalue weighted by molar-refractivity contribution is 5.86. The summed E-state index contributed by atoms with van der Waals surface area (Å²) in [5.74, 6) is -2.35. The molecule has 0 aromatic rings. The van der Waals surface area contributed by atoms with Crippen LogP contribution < -0.4 is 5.73 Å². The van der Waals surface area contributed by atoms with Gasteiger partial charge in [-0.2, -0.15) is 0 Å². The second kappa shape index (κ2) is 2.90. The molecule has 4 heteroatoms. The number of aliphatic carboxylic acids is 1. The number of amides is 1. The zero-order valence-electron chi connectivity index (χ0n) is 6.92. The monoisotopic (exact) mass is 159 g/mol. The topological polar surface area (TPSA) is 80.4 Å². The van der Waals surface area contributed by atoms with Gasteiger partial charge < -0.3 is 10.8 Å². The number of hydrogen-bond acceptors (Lipinski definition) is 2. The van der Waals surface area contributed by atoms with Crippen molar-refractivity contribution < 1.29 is 14.7 Å². The van der Waals surface area contributed by atoms with Gasteiger partial charge in [0.1, 0.15) is 0 Å². The largest absolute Gasteiger partial charge is 0.481 e. The number of carboxylic acids is 1. The molecular weight excluding hydrogens is 146 g/mol. The summed E-state index contributed by atoms with van der Waals surface area (Å²) >= 11 is 0. The van der Waals surface area contributed by atoms with Crippen LogP contribution in [0.25, 0.3) is 0 Å². The number of primary amides is 1. The molecule has 0 saturated carbocycles. The molecule has 0 aromatic heterocycles. The van der Waals surface area contributed by atoms with Crippen LogP contribution in [0.4, 0.5) is 0 Å². The fourth-order valence-electron chi connectivity index (χ4n) is 0.522. The van der Waals surface area contributed by atoms with Crippen molar-refractivity contribution in [3.63, 3.8) is 0 Å². The lowest BCUT2D eigenvalue weighted by atomic mass is 9.79. The van der Waals surface area contributed by atoms with Crippen molar-refractivity contribution in [1.29, 1.82) is 0 Å². The molecule has 11 heavy (non-hydrogen) atoms. The molecule has 0 fully saturated rings. The van der Waals surface area contributed by atoms with Crippen molar-refractivity contribution in [2.45, 2.75) is 20.8 Å². The smallest absolute Gasteiger partial charge is 0.307 e. The molecule has 0 rings (SSSR count). The van der Waals surface area contributed by atoms with Crippen molar-refractivity contribution in [2.24, 2.45) is 17.1 Å². The number of carbonyl (C=O) groups excluding carboxylic acids is 1. The third-order valence-electron chi connectivity index (χ3n) is 2.09. The van der Waals surface area contributed by atoms with E-state index in [1.54, 1.807) is 0 Å². The van der Waals surface area contributed by atoms with Crippen molar-refractivity contribution in [3.05, 3.63) is 0 Å². The Labute approximate surface area is 65.4 Å². The van der Waals surface area contributed by atoms with Crippen LogP contribution >= 0.6 is 0 Å². The van der Waals surface area contributed by atoms with E-state index in [9.17, 15) is 9.59 Å². The maximum absolute atomic E-state index is 10.7. The second-order valence-electron chi connectivity index (χ2n) is 3.15. The maximum atomic E-state index is 10.7. The standard InChI is InChI=1S/C7H13NO3/c1-4(5(9)10)7(2,3)6(8)11/h4H,1-3H3,(H2,8,11)(H,9,10)/t4-/m0/s1. The van der Waals surface area contributed by atoms with E-state index in [2.05, 4.69) is 0 Å². The molecule has 0 bridgehead atoms. The predicted octanol–water partition coefficient (Wildman–Crippen LogP) is 0.219. The van der Waals surface area contributed by atoms with Crippen LogP contribution in [0.5, 0.6) is 0 Å². The third kappa shape index (κ3) is 1.93. The molecule has 0 spiro atoms. The summed E-state index contributed by atoms with van der Waals surface area (Å²) in [5, 5.41) is 8.56. The normalized spacial score (nSPS) is 14.1. The minimum atomic E-state index is -1.01.